The van der Waals surface area contributed by atoms with Gasteiger partial charge in [0.1, 0.15) is 0 Å². The monoisotopic (exact) mass is 342 g/mol. The molecule has 1 heterocycles. The Morgan fingerprint density at radius 3 is 2.20 bits per heavy atom. The van der Waals surface area contributed by atoms with Gasteiger partial charge in [-0.3, -0.25) is 0 Å². The maximum Gasteiger partial charge on any atom is 0.487 e. The number of hydrogen-bond donors (Lipinski definition) is 1. The first kappa shape index (κ1) is 20.0. The van der Waals surface area contributed by atoms with Gasteiger partial charge in [0.25, 0.3) is 0 Å². The zero-order valence-corrected chi connectivity index (χ0v) is 16.0. The number of rotatable bonds is 8. The summed E-state index contributed by atoms with van der Waals surface area (Å²) in [5, 5.41) is 8.94. The van der Waals surface area contributed by atoms with Crippen molar-refractivity contribution in [2.75, 3.05) is 6.61 Å². The molecule has 0 saturated carbocycles. The molecule has 1 aliphatic heterocycles. The number of aliphatic hydroxyl groups is 1. The summed E-state index contributed by atoms with van der Waals surface area (Å²) in [4.78, 5) is 0. The van der Waals surface area contributed by atoms with Crippen molar-refractivity contribution >= 4 is 12.7 Å². The first-order chi connectivity index (χ1) is 11.8. The first-order valence-corrected chi connectivity index (χ1v) is 9.19. The smallest absolute Gasteiger partial charge is 0.400 e. The first-order valence-electron chi connectivity index (χ1n) is 9.19. The Bertz CT molecular complexity index is 589. The third-order valence-electron chi connectivity index (χ3n) is 5.18. The second-order valence-electron chi connectivity index (χ2n) is 7.71. The minimum Gasteiger partial charge on any atom is -0.400 e. The third-order valence-corrected chi connectivity index (χ3v) is 5.18. The van der Waals surface area contributed by atoms with Crippen LogP contribution in [0.1, 0.15) is 58.9 Å². The van der Waals surface area contributed by atoms with E-state index in [0.29, 0.717) is 0 Å². The van der Waals surface area contributed by atoms with Gasteiger partial charge in [-0.2, -0.15) is 0 Å². The van der Waals surface area contributed by atoms with Gasteiger partial charge in [-0.25, -0.2) is 0 Å². The molecule has 25 heavy (non-hydrogen) atoms. The Morgan fingerprint density at radius 1 is 1.04 bits per heavy atom. The Morgan fingerprint density at radius 2 is 1.64 bits per heavy atom. The lowest BCUT2D eigenvalue weighted by Gasteiger charge is -2.32. The van der Waals surface area contributed by atoms with Gasteiger partial charge >= 0.3 is 7.12 Å². The van der Waals surface area contributed by atoms with Crippen molar-refractivity contribution in [3.05, 3.63) is 54.0 Å². The van der Waals surface area contributed by atoms with E-state index >= 15 is 0 Å². The standard InChI is InChI=1S/C21H31BO3/c1-17(12-8-7-11-15-23)19(18-13-9-6-10-14-18)16-22-24-20(2,3)21(4,5)25-22/h6,9-10,13-14,16,23H,1,7-8,11-12,15H2,2-5H3/b19-16+. The molecule has 2 rings (SSSR count). The number of hydrogen-bond acceptors (Lipinski definition) is 3. The van der Waals surface area contributed by atoms with E-state index in [1.165, 1.54) is 0 Å². The highest BCUT2D eigenvalue weighted by Gasteiger charge is 2.50. The van der Waals surface area contributed by atoms with Crippen LogP contribution in [0.3, 0.4) is 0 Å². The molecule has 1 fully saturated rings. The van der Waals surface area contributed by atoms with Crippen LogP contribution in [0.4, 0.5) is 0 Å². The predicted molar refractivity (Wildman–Crippen MR) is 105 cm³/mol. The van der Waals surface area contributed by atoms with Crippen LogP contribution in [0.15, 0.2) is 48.5 Å². The van der Waals surface area contributed by atoms with E-state index in [1.807, 2.05) is 18.2 Å². The lowest BCUT2D eigenvalue weighted by atomic mass is 9.81. The maximum absolute atomic E-state index is 8.94. The molecule has 0 bridgehead atoms. The molecule has 0 unspecified atom stereocenters. The van der Waals surface area contributed by atoms with Crippen molar-refractivity contribution in [3.8, 4) is 0 Å². The lowest BCUT2D eigenvalue weighted by molar-refractivity contribution is 0.00578. The normalized spacial score (nSPS) is 19.2. The summed E-state index contributed by atoms with van der Waals surface area (Å²) in [6, 6.07) is 10.3. The second kappa shape index (κ2) is 8.35. The summed E-state index contributed by atoms with van der Waals surface area (Å²) in [6.07, 6.45) is 3.77. The van der Waals surface area contributed by atoms with Gasteiger partial charge in [0.05, 0.1) is 11.2 Å². The highest BCUT2D eigenvalue weighted by molar-refractivity contribution is 6.53. The number of allylic oxidation sites excluding steroid dienone is 2. The van der Waals surface area contributed by atoms with E-state index in [9.17, 15) is 0 Å². The van der Waals surface area contributed by atoms with Gasteiger partial charge < -0.3 is 14.4 Å². The molecule has 0 amide bonds. The molecule has 1 aromatic rings. The van der Waals surface area contributed by atoms with Crippen LogP contribution in [0.25, 0.3) is 5.57 Å². The molecule has 1 aliphatic rings. The minimum absolute atomic E-state index is 0.252. The topological polar surface area (TPSA) is 38.7 Å². The van der Waals surface area contributed by atoms with Crippen LogP contribution in [0.2, 0.25) is 0 Å². The number of benzene rings is 1. The highest BCUT2D eigenvalue weighted by Crippen LogP contribution is 2.38. The average molecular weight is 342 g/mol. The van der Waals surface area contributed by atoms with E-state index in [2.05, 4.69) is 52.4 Å². The van der Waals surface area contributed by atoms with Gasteiger partial charge in [0.2, 0.25) is 0 Å². The molecule has 3 nitrogen and oxygen atoms in total. The number of unbranched alkanes of at least 4 members (excludes halogenated alkanes) is 2. The molecule has 1 saturated heterocycles. The summed E-state index contributed by atoms with van der Waals surface area (Å²) in [6.45, 7) is 12.8. The van der Waals surface area contributed by atoms with Crippen molar-refractivity contribution in [1.29, 1.82) is 0 Å². The third kappa shape index (κ3) is 5.07. The van der Waals surface area contributed by atoms with Gasteiger partial charge in [-0.05, 0) is 69.6 Å². The molecule has 0 aliphatic carbocycles. The molecule has 0 spiro atoms. The van der Waals surface area contributed by atoms with Gasteiger partial charge in [0.15, 0.2) is 0 Å². The van der Waals surface area contributed by atoms with E-state index in [1.54, 1.807) is 0 Å². The predicted octanol–water partition coefficient (Wildman–Crippen LogP) is 4.81. The Balaban J connectivity index is 2.19. The van der Waals surface area contributed by atoms with Gasteiger partial charge in [0, 0.05) is 6.61 Å². The van der Waals surface area contributed by atoms with Crippen molar-refractivity contribution in [1.82, 2.24) is 0 Å². The molecule has 136 valence electrons. The van der Waals surface area contributed by atoms with Crippen molar-refractivity contribution in [2.45, 2.75) is 64.6 Å². The summed E-state index contributed by atoms with van der Waals surface area (Å²) < 4.78 is 12.3. The second-order valence-corrected chi connectivity index (χ2v) is 7.71. The summed E-state index contributed by atoms with van der Waals surface area (Å²) in [5.41, 5.74) is 2.60. The largest absolute Gasteiger partial charge is 0.487 e. The average Bonchev–Trinajstić information content (AvgIpc) is 2.77. The molecule has 0 aromatic heterocycles. The SMILES string of the molecule is C=C(CCCCCO)/C(=C\B1OC(C)(C)C(C)(C)O1)c1ccccc1. The fourth-order valence-corrected chi connectivity index (χ4v) is 2.89. The quantitative estimate of drug-likeness (QED) is 0.419. The van der Waals surface area contributed by atoms with E-state index < -0.39 is 0 Å². The molecule has 4 heteroatoms. The van der Waals surface area contributed by atoms with Crippen LogP contribution >= 0.6 is 0 Å². The zero-order chi connectivity index (χ0) is 18.5. The molecular weight excluding hydrogens is 311 g/mol. The van der Waals surface area contributed by atoms with Crippen molar-refractivity contribution in [3.63, 3.8) is 0 Å². The van der Waals surface area contributed by atoms with E-state index in [-0.39, 0.29) is 24.9 Å². The highest BCUT2D eigenvalue weighted by atomic mass is 16.7. The fraction of sp³-hybridized carbons (Fsp3) is 0.524. The zero-order valence-electron chi connectivity index (χ0n) is 16.0. The maximum atomic E-state index is 8.94. The van der Waals surface area contributed by atoms with E-state index in [4.69, 9.17) is 14.4 Å². The molecular formula is C21H31BO3. The summed E-state index contributed by atoms with van der Waals surface area (Å²) >= 11 is 0. The molecule has 0 atom stereocenters. The molecule has 1 aromatic carbocycles. The Hall–Kier alpha value is -1.36. The Labute approximate surface area is 152 Å². The van der Waals surface area contributed by atoms with Gasteiger partial charge in [-0.15, -0.1) is 0 Å². The van der Waals surface area contributed by atoms with Crippen LogP contribution < -0.4 is 0 Å². The van der Waals surface area contributed by atoms with Crippen molar-refractivity contribution < 1.29 is 14.4 Å². The minimum atomic E-state index is -0.380. The summed E-state index contributed by atoms with van der Waals surface area (Å²) in [5.74, 6) is 2.06. The van der Waals surface area contributed by atoms with Crippen LogP contribution in [-0.4, -0.2) is 30.0 Å². The summed E-state index contributed by atoms with van der Waals surface area (Å²) in [7, 11) is -0.380. The molecule has 1 N–H and O–H groups in total. The van der Waals surface area contributed by atoms with Gasteiger partial charge in [-0.1, -0.05) is 43.3 Å². The van der Waals surface area contributed by atoms with Crippen molar-refractivity contribution in [2.24, 2.45) is 0 Å². The molecule has 0 radical (unpaired) electrons. The van der Waals surface area contributed by atoms with E-state index in [0.717, 1.165) is 42.4 Å². The fourth-order valence-electron chi connectivity index (χ4n) is 2.89. The lowest BCUT2D eigenvalue weighted by Crippen LogP contribution is -2.41. The van der Waals surface area contributed by atoms with Crippen LogP contribution in [-0.2, 0) is 9.31 Å². The number of aliphatic hydroxyl groups excluding tert-OH is 1. The van der Waals surface area contributed by atoms with Crippen LogP contribution in [0.5, 0.6) is 0 Å². The Kier molecular flexibility index (Phi) is 6.67. The van der Waals surface area contributed by atoms with Crippen LogP contribution in [0, 0.1) is 0 Å².